The van der Waals surface area contributed by atoms with Crippen LogP contribution in [-0.4, -0.2) is 33.7 Å². The molecule has 1 N–H and O–H groups in total. The zero-order chi connectivity index (χ0) is 24.8. The van der Waals surface area contributed by atoms with Crippen molar-refractivity contribution in [2.75, 3.05) is 25.0 Å². The average Bonchev–Trinajstić information content (AvgIpc) is 3.28. The number of thiazole rings is 1. The third-order valence-corrected chi connectivity index (χ3v) is 8.70. The molecular formula is C23H25N2O6PS2. The summed E-state index contributed by atoms with van der Waals surface area (Å²) in [5, 5.41) is 1.89. The summed E-state index contributed by atoms with van der Waals surface area (Å²) >= 11 is 1.13. The lowest BCUT2D eigenvalue weighted by Gasteiger charge is -2.19. The van der Waals surface area contributed by atoms with Crippen LogP contribution in [0.4, 0.5) is 5.69 Å². The summed E-state index contributed by atoms with van der Waals surface area (Å²) in [6.45, 7) is 5.76. The molecule has 0 radical (unpaired) electrons. The van der Waals surface area contributed by atoms with Crippen molar-refractivity contribution in [3.05, 3.63) is 64.0 Å². The number of aryl methyl sites for hydroxylation is 1. The van der Waals surface area contributed by atoms with Gasteiger partial charge in [-0.2, -0.15) is 8.42 Å². The van der Waals surface area contributed by atoms with Crippen molar-refractivity contribution < 1.29 is 26.8 Å². The third kappa shape index (κ3) is 6.26. The number of sulfonamides is 1. The van der Waals surface area contributed by atoms with Crippen molar-refractivity contribution in [3.63, 3.8) is 0 Å². The minimum Gasteiger partial charge on any atom is -0.495 e. The summed E-state index contributed by atoms with van der Waals surface area (Å²) in [6, 6.07) is 12.0. The van der Waals surface area contributed by atoms with Crippen LogP contribution in [0.1, 0.15) is 30.0 Å². The molecular weight excluding hydrogens is 495 g/mol. The summed E-state index contributed by atoms with van der Waals surface area (Å²) in [7, 11) is -6.19. The van der Waals surface area contributed by atoms with Crippen LogP contribution in [0.25, 0.3) is 0 Å². The first-order valence-corrected chi connectivity index (χ1v) is 14.3. The number of nitrogens with zero attached hydrogens (tertiary/aromatic N) is 1. The number of nitrogens with one attached hydrogen (secondary N) is 1. The average molecular weight is 521 g/mol. The molecule has 1 aromatic heterocycles. The fraction of sp³-hybridized carbons (Fsp3) is 0.261. The minimum atomic E-state index is -4.01. The maximum Gasteiger partial charge on any atom is 0.361 e. The molecule has 0 spiro atoms. The van der Waals surface area contributed by atoms with Crippen molar-refractivity contribution in [2.24, 2.45) is 0 Å². The molecule has 0 aliphatic carbocycles. The monoisotopic (exact) mass is 520 g/mol. The lowest BCUT2D eigenvalue weighted by Crippen LogP contribution is -2.16. The van der Waals surface area contributed by atoms with E-state index >= 15 is 0 Å². The van der Waals surface area contributed by atoms with Gasteiger partial charge in [-0.3, -0.25) is 9.29 Å². The molecule has 180 valence electrons. The Morgan fingerprint density at radius 3 is 2.47 bits per heavy atom. The van der Waals surface area contributed by atoms with E-state index in [4.69, 9.17) is 13.8 Å². The number of hydrogen-bond acceptors (Lipinski definition) is 8. The predicted octanol–water partition coefficient (Wildman–Crippen LogP) is 4.55. The minimum absolute atomic E-state index is 0.159. The highest BCUT2D eigenvalue weighted by Crippen LogP contribution is 2.48. The van der Waals surface area contributed by atoms with Gasteiger partial charge in [-0.1, -0.05) is 18.1 Å². The molecule has 0 aliphatic rings. The first kappa shape index (κ1) is 25.9. The number of anilines is 1. The summed E-state index contributed by atoms with van der Waals surface area (Å²) in [5.41, 5.74) is 2.06. The van der Waals surface area contributed by atoms with Crippen molar-refractivity contribution in [1.82, 2.24) is 4.98 Å². The molecule has 1 heterocycles. The lowest BCUT2D eigenvalue weighted by molar-refractivity contribution is 0.230. The van der Waals surface area contributed by atoms with Gasteiger partial charge >= 0.3 is 7.60 Å². The molecule has 2 aromatic carbocycles. The van der Waals surface area contributed by atoms with E-state index in [-0.39, 0.29) is 35.0 Å². The number of rotatable bonds is 9. The van der Waals surface area contributed by atoms with Crippen molar-refractivity contribution in [3.8, 4) is 17.6 Å². The molecule has 34 heavy (non-hydrogen) atoms. The van der Waals surface area contributed by atoms with Gasteiger partial charge < -0.3 is 13.8 Å². The normalized spacial score (nSPS) is 11.5. The Labute approximate surface area is 203 Å². The zero-order valence-corrected chi connectivity index (χ0v) is 21.7. The SMILES string of the molecule is CCOP(=O)(OCC)c1ccc(NS(=O)(=O)c2csc(C#Cc3cccc(C)c3)n2)c(OC)c1. The highest BCUT2D eigenvalue weighted by molar-refractivity contribution is 7.92. The Hall–Kier alpha value is -2.67. The van der Waals surface area contributed by atoms with Gasteiger partial charge in [-0.05, 0) is 62.6 Å². The van der Waals surface area contributed by atoms with Crippen molar-refractivity contribution >= 4 is 39.9 Å². The molecule has 3 aromatic rings. The third-order valence-electron chi connectivity index (χ3n) is 4.43. The van der Waals surface area contributed by atoms with E-state index < -0.39 is 17.6 Å². The van der Waals surface area contributed by atoms with Gasteiger partial charge in [-0.25, -0.2) is 4.98 Å². The zero-order valence-electron chi connectivity index (χ0n) is 19.2. The number of benzene rings is 2. The standard InChI is InChI=1S/C23H25N2O6PS2/c1-5-30-32(26,31-6-2)19-11-12-20(21(15-19)29-4)25-34(27,28)23-16-33-22(24-23)13-10-18-9-7-8-17(3)14-18/h7-9,11-12,14-16,25H,5-6H2,1-4H3. The molecule has 3 rings (SSSR count). The number of methoxy groups -OCH3 is 1. The first-order chi connectivity index (χ1) is 16.2. The number of aromatic nitrogens is 1. The Morgan fingerprint density at radius 2 is 1.82 bits per heavy atom. The van der Waals surface area contributed by atoms with Crippen LogP contribution in [-0.2, 0) is 23.6 Å². The first-order valence-electron chi connectivity index (χ1n) is 10.4. The van der Waals surface area contributed by atoms with Gasteiger partial charge in [-0.15, -0.1) is 11.3 Å². The predicted molar refractivity (Wildman–Crippen MR) is 134 cm³/mol. The van der Waals surface area contributed by atoms with Crippen LogP contribution < -0.4 is 14.8 Å². The summed E-state index contributed by atoms with van der Waals surface area (Å²) < 4.78 is 57.3. The molecule has 0 saturated heterocycles. The molecule has 0 atom stereocenters. The van der Waals surface area contributed by atoms with Crippen molar-refractivity contribution in [1.29, 1.82) is 0 Å². The molecule has 0 bridgehead atoms. The molecule has 0 fully saturated rings. The van der Waals surface area contributed by atoms with E-state index in [2.05, 4.69) is 21.5 Å². The highest BCUT2D eigenvalue weighted by Gasteiger charge is 2.28. The molecule has 0 amide bonds. The Morgan fingerprint density at radius 1 is 1.09 bits per heavy atom. The Bertz CT molecular complexity index is 1370. The van der Waals surface area contributed by atoms with Crippen LogP contribution in [0.15, 0.2) is 52.9 Å². The van der Waals surface area contributed by atoms with Crippen LogP contribution in [0.5, 0.6) is 5.75 Å². The number of hydrogen-bond donors (Lipinski definition) is 1. The Balaban J connectivity index is 1.85. The second kappa shape index (κ2) is 11.2. The fourth-order valence-electron chi connectivity index (χ4n) is 2.95. The van der Waals surface area contributed by atoms with Gasteiger partial charge in [0.25, 0.3) is 10.0 Å². The van der Waals surface area contributed by atoms with E-state index in [0.29, 0.717) is 5.01 Å². The van der Waals surface area contributed by atoms with Gasteiger partial charge in [0, 0.05) is 10.9 Å². The maximum absolute atomic E-state index is 13.0. The van der Waals surface area contributed by atoms with Gasteiger partial charge in [0.2, 0.25) is 0 Å². The second-order valence-electron chi connectivity index (χ2n) is 6.93. The van der Waals surface area contributed by atoms with E-state index in [9.17, 15) is 13.0 Å². The quantitative estimate of drug-likeness (QED) is 0.326. The lowest BCUT2D eigenvalue weighted by atomic mass is 10.1. The molecule has 8 nitrogen and oxygen atoms in total. The smallest absolute Gasteiger partial charge is 0.361 e. The molecule has 11 heteroatoms. The summed E-state index contributed by atoms with van der Waals surface area (Å²) in [5.74, 6) is 6.05. The van der Waals surface area contributed by atoms with Crippen LogP contribution in [0, 0.1) is 18.8 Å². The second-order valence-corrected chi connectivity index (χ2v) is 11.4. The Kier molecular flexibility index (Phi) is 8.52. The van der Waals surface area contributed by atoms with Crippen LogP contribution >= 0.6 is 18.9 Å². The molecule has 0 aliphatic heterocycles. The topological polar surface area (TPSA) is 104 Å². The van der Waals surface area contributed by atoms with Crippen LogP contribution in [0.3, 0.4) is 0 Å². The summed E-state index contributed by atoms with van der Waals surface area (Å²) in [6.07, 6.45) is 0. The van der Waals surface area contributed by atoms with E-state index in [1.807, 2.05) is 31.2 Å². The molecule has 0 saturated carbocycles. The van der Waals surface area contributed by atoms with Crippen molar-refractivity contribution in [2.45, 2.75) is 25.8 Å². The van der Waals surface area contributed by atoms with E-state index in [0.717, 1.165) is 22.5 Å². The molecule has 0 unspecified atom stereocenters. The van der Waals surface area contributed by atoms with Gasteiger partial charge in [0.05, 0.1) is 31.3 Å². The van der Waals surface area contributed by atoms with Crippen LogP contribution in [0.2, 0.25) is 0 Å². The number of ether oxygens (including phenoxy) is 1. The fourth-order valence-corrected chi connectivity index (χ4v) is 6.54. The largest absolute Gasteiger partial charge is 0.495 e. The summed E-state index contributed by atoms with van der Waals surface area (Å²) in [4.78, 5) is 4.15. The van der Waals surface area contributed by atoms with E-state index in [1.54, 1.807) is 13.8 Å². The maximum atomic E-state index is 13.0. The highest BCUT2D eigenvalue weighted by atomic mass is 32.2. The van der Waals surface area contributed by atoms with Gasteiger partial charge in [0.15, 0.2) is 10.0 Å². The van der Waals surface area contributed by atoms with Gasteiger partial charge in [0.1, 0.15) is 5.75 Å². The van der Waals surface area contributed by atoms with E-state index in [1.165, 1.54) is 30.7 Å².